The van der Waals surface area contributed by atoms with Gasteiger partial charge in [0.1, 0.15) is 0 Å². The molecule has 0 aliphatic carbocycles. The van der Waals surface area contributed by atoms with E-state index in [1.807, 2.05) is 0 Å². The average molecular weight is 212 g/mol. The van der Waals surface area contributed by atoms with Crippen molar-refractivity contribution in [3.05, 3.63) is 0 Å². The summed E-state index contributed by atoms with van der Waals surface area (Å²) in [6.45, 7) is 3.57. The zero-order chi connectivity index (χ0) is 11.4. The Morgan fingerprint density at radius 3 is 1.43 bits per heavy atom. The summed E-state index contributed by atoms with van der Waals surface area (Å²) in [7, 11) is 0. The van der Waals surface area contributed by atoms with Crippen molar-refractivity contribution in [1.29, 1.82) is 0 Å². The zero-order valence-corrected chi connectivity index (χ0v) is 8.59. The van der Waals surface area contributed by atoms with Crippen molar-refractivity contribution in [3.8, 4) is 0 Å². The molecule has 0 aromatic rings. The van der Waals surface area contributed by atoms with Crippen LogP contribution in [0.1, 0.15) is 13.8 Å². The summed E-state index contributed by atoms with van der Waals surface area (Å²) < 4.78 is 8.99. The molecule has 2 unspecified atom stereocenters. The third-order valence-electron chi connectivity index (χ3n) is 0.865. The van der Waals surface area contributed by atoms with Gasteiger partial charge in [0.25, 0.3) is 0 Å². The fourth-order valence-electron chi connectivity index (χ4n) is 0.516. The van der Waals surface area contributed by atoms with E-state index in [1.54, 1.807) is 0 Å². The Morgan fingerprint density at radius 2 is 1.29 bits per heavy atom. The zero-order valence-electron chi connectivity index (χ0n) is 8.59. The summed E-state index contributed by atoms with van der Waals surface area (Å²) in [6, 6.07) is 0. The maximum atomic E-state index is 8.34. The Balaban J connectivity index is 0. The number of hydrogen-bond acceptors (Lipinski definition) is 6. The first-order chi connectivity index (χ1) is 6.54. The van der Waals surface area contributed by atoms with Gasteiger partial charge in [0.2, 0.25) is 0 Å². The Morgan fingerprint density at radius 1 is 0.929 bits per heavy atom. The average Bonchev–Trinajstić information content (AvgIpc) is 2.04. The molecule has 0 aromatic heterocycles. The Labute approximate surface area is 83.7 Å². The van der Waals surface area contributed by atoms with Crippen LogP contribution in [0.25, 0.3) is 0 Å². The van der Waals surface area contributed by atoms with Gasteiger partial charge < -0.3 is 29.9 Å². The molecular formula is C8H20O6. The summed E-state index contributed by atoms with van der Waals surface area (Å²) in [4.78, 5) is 0. The van der Waals surface area contributed by atoms with E-state index < -0.39 is 12.6 Å². The van der Waals surface area contributed by atoms with E-state index in [2.05, 4.69) is 9.47 Å². The lowest BCUT2D eigenvalue weighted by molar-refractivity contribution is -0.190. The molecule has 0 aliphatic heterocycles. The van der Waals surface area contributed by atoms with E-state index in [9.17, 15) is 0 Å². The van der Waals surface area contributed by atoms with Crippen LogP contribution in [0.15, 0.2) is 0 Å². The summed E-state index contributed by atoms with van der Waals surface area (Å²) in [5.41, 5.74) is 0. The summed E-state index contributed by atoms with van der Waals surface area (Å²) in [5, 5.41) is 32.9. The standard InChI is InChI=1S/2C4H10O3/c1-3(5)7-4(2)6;5-1-3-7-4-2-6/h3-6H,1-2H3;5-6H,1-4H2. The van der Waals surface area contributed by atoms with Crippen molar-refractivity contribution in [2.45, 2.75) is 26.4 Å². The number of aliphatic hydroxyl groups excluding tert-OH is 4. The monoisotopic (exact) mass is 212 g/mol. The van der Waals surface area contributed by atoms with Crippen molar-refractivity contribution < 1.29 is 29.9 Å². The second kappa shape index (κ2) is 12.8. The maximum absolute atomic E-state index is 8.34. The molecule has 0 aliphatic rings. The first kappa shape index (κ1) is 16.2. The molecule has 0 saturated heterocycles. The van der Waals surface area contributed by atoms with E-state index in [4.69, 9.17) is 20.4 Å². The van der Waals surface area contributed by atoms with Gasteiger partial charge in [-0.3, -0.25) is 0 Å². The Hall–Kier alpha value is -0.240. The minimum atomic E-state index is -0.875. The lowest BCUT2D eigenvalue weighted by Crippen LogP contribution is -2.14. The minimum absolute atomic E-state index is 0.0278. The molecule has 6 nitrogen and oxygen atoms in total. The molecule has 0 fully saturated rings. The minimum Gasteiger partial charge on any atom is -0.394 e. The van der Waals surface area contributed by atoms with Gasteiger partial charge in [-0.2, -0.15) is 0 Å². The highest BCUT2D eigenvalue weighted by atomic mass is 16.7. The lowest BCUT2D eigenvalue weighted by Gasteiger charge is -2.07. The summed E-state index contributed by atoms with van der Waals surface area (Å²) >= 11 is 0. The molecule has 0 aromatic carbocycles. The first-order valence-corrected chi connectivity index (χ1v) is 4.35. The van der Waals surface area contributed by atoms with E-state index in [0.29, 0.717) is 13.2 Å². The maximum Gasteiger partial charge on any atom is 0.154 e. The second-order valence-electron chi connectivity index (χ2n) is 2.39. The molecule has 0 rings (SSSR count). The fourth-order valence-corrected chi connectivity index (χ4v) is 0.516. The smallest absolute Gasteiger partial charge is 0.154 e. The van der Waals surface area contributed by atoms with E-state index in [1.165, 1.54) is 13.8 Å². The largest absolute Gasteiger partial charge is 0.394 e. The molecule has 0 saturated carbocycles. The normalized spacial score (nSPS) is 14.1. The van der Waals surface area contributed by atoms with Crippen molar-refractivity contribution >= 4 is 0 Å². The number of hydrogen-bond donors (Lipinski definition) is 4. The van der Waals surface area contributed by atoms with Crippen LogP contribution in [0.5, 0.6) is 0 Å². The quantitative estimate of drug-likeness (QED) is 0.321. The number of ether oxygens (including phenoxy) is 2. The molecule has 6 heteroatoms. The lowest BCUT2D eigenvalue weighted by atomic mass is 10.7. The molecule has 0 spiro atoms. The molecule has 4 N–H and O–H groups in total. The van der Waals surface area contributed by atoms with Gasteiger partial charge in [-0.15, -0.1) is 0 Å². The summed E-state index contributed by atoms with van der Waals surface area (Å²) in [6.07, 6.45) is -1.75. The van der Waals surface area contributed by atoms with Gasteiger partial charge in [-0.25, -0.2) is 0 Å². The second-order valence-corrected chi connectivity index (χ2v) is 2.39. The topological polar surface area (TPSA) is 99.4 Å². The fraction of sp³-hybridized carbons (Fsp3) is 1.00. The van der Waals surface area contributed by atoms with Crippen LogP contribution in [0, 0.1) is 0 Å². The predicted molar refractivity (Wildman–Crippen MR) is 49.4 cm³/mol. The van der Waals surface area contributed by atoms with Gasteiger partial charge >= 0.3 is 0 Å². The third kappa shape index (κ3) is 22.6. The van der Waals surface area contributed by atoms with Crippen LogP contribution in [-0.2, 0) is 9.47 Å². The van der Waals surface area contributed by atoms with Gasteiger partial charge in [0, 0.05) is 0 Å². The first-order valence-electron chi connectivity index (χ1n) is 4.35. The van der Waals surface area contributed by atoms with Gasteiger partial charge in [-0.1, -0.05) is 0 Å². The molecule has 0 bridgehead atoms. The van der Waals surface area contributed by atoms with Crippen molar-refractivity contribution in [2.24, 2.45) is 0 Å². The molecule has 0 amide bonds. The van der Waals surface area contributed by atoms with Gasteiger partial charge in [-0.05, 0) is 13.8 Å². The van der Waals surface area contributed by atoms with E-state index in [0.717, 1.165) is 0 Å². The van der Waals surface area contributed by atoms with Crippen LogP contribution in [0.3, 0.4) is 0 Å². The van der Waals surface area contributed by atoms with Gasteiger partial charge in [0.05, 0.1) is 26.4 Å². The van der Waals surface area contributed by atoms with Crippen LogP contribution in [-0.4, -0.2) is 59.4 Å². The van der Waals surface area contributed by atoms with Crippen LogP contribution in [0.2, 0.25) is 0 Å². The van der Waals surface area contributed by atoms with E-state index >= 15 is 0 Å². The van der Waals surface area contributed by atoms with Crippen molar-refractivity contribution in [3.63, 3.8) is 0 Å². The number of rotatable bonds is 6. The number of aliphatic hydroxyl groups is 4. The van der Waals surface area contributed by atoms with Crippen LogP contribution in [0.4, 0.5) is 0 Å². The Bertz CT molecular complexity index is 85.8. The summed E-state index contributed by atoms with van der Waals surface area (Å²) in [5.74, 6) is 0. The van der Waals surface area contributed by atoms with Crippen LogP contribution < -0.4 is 0 Å². The third-order valence-corrected chi connectivity index (χ3v) is 0.865. The van der Waals surface area contributed by atoms with Crippen molar-refractivity contribution in [2.75, 3.05) is 26.4 Å². The Kier molecular flexibility index (Phi) is 14.8. The van der Waals surface area contributed by atoms with Gasteiger partial charge in [0.15, 0.2) is 12.6 Å². The molecular weight excluding hydrogens is 192 g/mol. The molecule has 88 valence electrons. The van der Waals surface area contributed by atoms with E-state index in [-0.39, 0.29) is 13.2 Å². The van der Waals surface area contributed by atoms with Crippen molar-refractivity contribution in [1.82, 2.24) is 0 Å². The molecule has 0 radical (unpaired) electrons. The molecule has 2 atom stereocenters. The predicted octanol–water partition coefficient (Wildman–Crippen LogP) is -1.33. The highest BCUT2D eigenvalue weighted by Crippen LogP contribution is 1.87. The highest BCUT2D eigenvalue weighted by molar-refractivity contribution is 4.24. The highest BCUT2D eigenvalue weighted by Gasteiger charge is 1.97. The molecule has 14 heavy (non-hydrogen) atoms. The SMILES string of the molecule is CC(O)OC(C)O.OCCOCCO. The molecule has 0 heterocycles. The van der Waals surface area contributed by atoms with Crippen LogP contribution >= 0.6 is 0 Å².